The van der Waals surface area contributed by atoms with E-state index in [4.69, 9.17) is 4.74 Å². The molecule has 1 aliphatic rings. The van der Waals surface area contributed by atoms with Crippen LogP contribution in [0.25, 0.3) is 0 Å². The molecule has 0 saturated carbocycles. The molecule has 2 N–H and O–H groups in total. The molecule has 0 spiro atoms. The summed E-state index contributed by atoms with van der Waals surface area (Å²) in [5.41, 5.74) is 1.76. The zero-order chi connectivity index (χ0) is 20.8. The van der Waals surface area contributed by atoms with Gasteiger partial charge in [0.1, 0.15) is 0 Å². The number of hydrogen-bond acceptors (Lipinski definition) is 5. The molecule has 1 heterocycles. The van der Waals surface area contributed by atoms with Crippen molar-refractivity contribution in [1.29, 1.82) is 0 Å². The van der Waals surface area contributed by atoms with E-state index in [0.717, 1.165) is 5.69 Å². The fourth-order valence-corrected chi connectivity index (χ4v) is 3.45. The van der Waals surface area contributed by atoms with E-state index < -0.39 is 5.97 Å². The number of carboxylic acid groups (broad SMARTS) is 1. The van der Waals surface area contributed by atoms with Crippen LogP contribution in [0.3, 0.4) is 0 Å². The number of carbonyl (C=O) groups excluding carboxylic acids is 2. The first-order valence-corrected chi connectivity index (χ1v) is 9.65. The van der Waals surface area contributed by atoms with Crippen molar-refractivity contribution in [3.8, 4) is 0 Å². The lowest BCUT2D eigenvalue weighted by Crippen LogP contribution is -2.37. The van der Waals surface area contributed by atoms with Crippen molar-refractivity contribution in [2.75, 3.05) is 29.9 Å². The number of piperidine rings is 1. The monoisotopic (exact) mass is 396 g/mol. The molecule has 1 saturated heterocycles. The predicted molar refractivity (Wildman–Crippen MR) is 109 cm³/mol. The van der Waals surface area contributed by atoms with Gasteiger partial charge in [0.2, 0.25) is 0 Å². The average Bonchev–Trinajstić information content (AvgIpc) is 2.74. The van der Waals surface area contributed by atoms with Gasteiger partial charge < -0.3 is 20.1 Å². The van der Waals surface area contributed by atoms with Crippen LogP contribution >= 0.6 is 0 Å². The van der Waals surface area contributed by atoms with Crippen LogP contribution in [0.2, 0.25) is 0 Å². The van der Waals surface area contributed by atoms with Crippen LogP contribution in [-0.4, -0.2) is 42.6 Å². The summed E-state index contributed by atoms with van der Waals surface area (Å²) < 4.78 is 5.11. The highest BCUT2D eigenvalue weighted by Crippen LogP contribution is 2.32. The molecular weight excluding hydrogens is 372 g/mol. The molecule has 152 valence electrons. The van der Waals surface area contributed by atoms with Gasteiger partial charge in [0.25, 0.3) is 5.91 Å². The van der Waals surface area contributed by atoms with E-state index in [-0.39, 0.29) is 23.4 Å². The third-order valence-corrected chi connectivity index (χ3v) is 4.98. The van der Waals surface area contributed by atoms with Crippen molar-refractivity contribution in [3.05, 3.63) is 59.7 Å². The topological polar surface area (TPSA) is 95.9 Å². The number of anilines is 2. The van der Waals surface area contributed by atoms with Gasteiger partial charge in [-0.2, -0.15) is 0 Å². The number of nitrogens with one attached hydrogen (secondary N) is 1. The van der Waals surface area contributed by atoms with Crippen LogP contribution in [0.5, 0.6) is 0 Å². The molecule has 0 aromatic heterocycles. The van der Waals surface area contributed by atoms with Crippen LogP contribution in [0, 0.1) is 5.92 Å². The van der Waals surface area contributed by atoms with Crippen molar-refractivity contribution in [2.45, 2.75) is 19.8 Å². The molecule has 3 rings (SSSR count). The zero-order valence-electron chi connectivity index (χ0n) is 16.3. The maximum atomic E-state index is 12.6. The number of rotatable bonds is 6. The van der Waals surface area contributed by atoms with E-state index in [0.29, 0.717) is 43.8 Å². The lowest BCUT2D eigenvalue weighted by atomic mass is 9.96. The fraction of sp³-hybridized carbons (Fsp3) is 0.318. The first kappa shape index (κ1) is 20.4. The Kier molecular flexibility index (Phi) is 6.49. The Morgan fingerprint density at radius 1 is 1.07 bits per heavy atom. The van der Waals surface area contributed by atoms with E-state index in [1.165, 1.54) is 12.1 Å². The van der Waals surface area contributed by atoms with Gasteiger partial charge in [0.15, 0.2) is 0 Å². The van der Waals surface area contributed by atoms with Crippen molar-refractivity contribution in [2.24, 2.45) is 5.92 Å². The van der Waals surface area contributed by atoms with Crippen molar-refractivity contribution in [3.63, 3.8) is 0 Å². The summed E-state index contributed by atoms with van der Waals surface area (Å²) in [5.74, 6) is -1.68. The summed E-state index contributed by atoms with van der Waals surface area (Å²) >= 11 is 0. The molecule has 2 aromatic rings. The molecule has 0 radical (unpaired) electrons. The van der Waals surface area contributed by atoms with Crippen molar-refractivity contribution >= 4 is 29.2 Å². The minimum absolute atomic E-state index is 0.0959. The molecule has 0 atom stereocenters. The Morgan fingerprint density at radius 2 is 1.76 bits per heavy atom. The largest absolute Gasteiger partial charge is 0.478 e. The van der Waals surface area contributed by atoms with E-state index in [2.05, 4.69) is 10.2 Å². The average molecular weight is 396 g/mol. The summed E-state index contributed by atoms with van der Waals surface area (Å²) in [7, 11) is 0. The quantitative estimate of drug-likeness (QED) is 0.727. The van der Waals surface area contributed by atoms with Gasteiger partial charge in [-0.15, -0.1) is 0 Å². The number of carboxylic acids is 1. The maximum absolute atomic E-state index is 12.6. The SMILES string of the molecule is CCOC(=O)C1CCN(c2ccc(C(=O)O)cc2NC(=O)c2ccccc2)CC1. The summed E-state index contributed by atoms with van der Waals surface area (Å²) in [4.78, 5) is 38.0. The minimum atomic E-state index is -1.06. The number of amides is 1. The molecule has 29 heavy (non-hydrogen) atoms. The normalized spacial score (nSPS) is 14.3. The second-order valence-electron chi connectivity index (χ2n) is 6.87. The minimum Gasteiger partial charge on any atom is -0.478 e. The molecule has 1 fully saturated rings. The van der Waals surface area contributed by atoms with Crippen LogP contribution in [0.4, 0.5) is 11.4 Å². The zero-order valence-corrected chi connectivity index (χ0v) is 16.3. The number of carbonyl (C=O) groups is 3. The third kappa shape index (κ3) is 4.93. The summed E-state index contributed by atoms with van der Waals surface area (Å²) in [6.45, 7) is 3.39. The van der Waals surface area contributed by atoms with E-state index in [1.54, 1.807) is 37.3 Å². The highest BCUT2D eigenvalue weighted by Gasteiger charge is 2.27. The second kappa shape index (κ2) is 9.23. The van der Waals surface area contributed by atoms with Gasteiger partial charge in [-0.05, 0) is 50.1 Å². The number of nitrogens with zero attached hydrogens (tertiary/aromatic N) is 1. The molecule has 0 aliphatic carbocycles. The summed E-state index contributed by atoms with van der Waals surface area (Å²) in [5, 5.41) is 12.2. The lowest BCUT2D eigenvalue weighted by molar-refractivity contribution is -0.148. The molecule has 0 unspecified atom stereocenters. The number of benzene rings is 2. The Morgan fingerprint density at radius 3 is 2.38 bits per heavy atom. The number of aromatic carboxylic acids is 1. The molecule has 1 aliphatic heterocycles. The number of hydrogen-bond donors (Lipinski definition) is 2. The molecule has 7 heteroatoms. The maximum Gasteiger partial charge on any atom is 0.335 e. The number of ether oxygens (including phenoxy) is 1. The van der Waals surface area contributed by atoms with Gasteiger partial charge in [-0.3, -0.25) is 9.59 Å². The number of esters is 1. The van der Waals surface area contributed by atoms with Crippen LogP contribution in [0.15, 0.2) is 48.5 Å². The van der Waals surface area contributed by atoms with E-state index >= 15 is 0 Å². The smallest absolute Gasteiger partial charge is 0.335 e. The summed E-state index contributed by atoms with van der Waals surface area (Å²) in [6, 6.07) is 13.4. The highest BCUT2D eigenvalue weighted by atomic mass is 16.5. The van der Waals surface area contributed by atoms with Crippen molar-refractivity contribution < 1.29 is 24.2 Å². The Labute approximate surface area is 169 Å². The standard InChI is InChI=1S/C22H24N2O5/c1-2-29-22(28)16-10-12-24(13-11-16)19-9-8-17(21(26)27)14-18(19)23-20(25)15-6-4-3-5-7-15/h3-9,14,16H,2,10-13H2,1H3,(H,23,25)(H,26,27). The predicted octanol–water partition coefficient (Wildman–Crippen LogP) is 3.42. The second-order valence-corrected chi connectivity index (χ2v) is 6.87. The van der Waals surface area contributed by atoms with Crippen molar-refractivity contribution in [1.82, 2.24) is 0 Å². The fourth-order valence-electron chi connectivity index (χ4n) is 3.45. The van der Waals surface area contributed by atoms with Gasteiger partial charge in [-0.25, -0.2) is 4.79 Å². The Bertz CT molecular complexity index is 889. The molecule has 0 bridgehead atoms. The van der Waals surface area contributed by atoms with Crippen LogP contribution in [-0.2, 0) is 9.53 Å². The molecular formula is C22H24N2O5. The first-order valence-electron chi connectivity index (χ1n) is 9.65. The van der Waals surface area contributed by atoms with Gasteiger partial charge in [0.05, 0.1) is 29.5 Å². The molecule has 7 nitrogen and oxygen atoms in total. The highest BCUT2D eigenvalue weighted by molar-refractivity contribution is 6.06. The first-order chi connectivity index (χ1) is 14.0. The van der Waals surface area contributed by atoms with Gasteiger partial charge in [0, 0.05) is 18.7 Å². The molecule has 2 aromatic carbocycles. The van der Waals surface area contributed by atoms with Crippen LogP contribution in [0.1, 0.15) is 40.5 Å². The van der Waals surface area contributed by atoms with Gasteiger partial charge >= 0.3 is 11.9 Å². The van der Waals surface area contributed by atoms with E-state index in [9.17, 15) is 19.5 Å². The van der Waals surface area contributed by atoms with Gasteiger partial charge in [-0.1, -0.05) is 18.2 Å². The Hall–Kier alpha value is -3.35. The van der Waals surface area contributed by atoms with E-state index in [1.807, 2.05) is 6.07 Å². The Balaban J connectivity index is 1.80. The summed E-state index contributed by atoms with van der Waals surface area (Å²) in [6.07, 6.45) is 1.29. The van der Waals surface area contributed by atoms with Crippen LogP contribution < -0.4 is 10.2 Å². The third-order valence-electron chi connectivity index (χ3n) is 4.98. The lowest BCUT2D eigenvalue weighted by Gasteiger charge is -2.34. The molecule has 1 amide bonds.